The minimum Gasteiger partial charge on any atom is -0.465 e. The Balaban J connectivity index is 1.39. The van der Waals surface area contributed by atoms with Crippen LogP contribution in [0.25, 0.3) is 11.3 Å². The van der Waals surface area contributed by atoms with Gasteiger partial charge in [-0.1, -0.05) is 12.1 Å². The molecule has 1 aliphatic heterocycles. The largest absolute Gasteiger partial charge is 0.465 e. The van der Waals surface area contributed by atoms with Gasteiger partial charge in [0.15, 0.2) is 0 Å². The van der Waals surface area contributed by atoms with E-state index in [1.54, 1.807) is 36.5 Å². The van der Waals surface area contributed by atoms with Crippen LogP contribution < -0.4 is 20.9 Å². The first-order chi connectivity index (χ1) is 17.0. The Morgan fingerprint density at radius 2 is 1.69 bits per heavy atom. The third-order valence-corrected chi connectivity index (χ3v) is 5.40. The first kappa shape index (κ1) is 23.9. The smallest absolute Gasteiger partial charge is 0.405 e. The summed E-state index contributed by atoms with van der Waals surface area (Å²) in [6, 6.07) is 15.5. The van der Waals surface area contributed by atoms with E-state index in [9.17, 15) is 14.7 Å². The van der Waals surface area contributed by atoms with E-state index in [0.29, 0.717) is 17.3 Å². The second-order valence-corrected chi connectivity index (χ2v) is 7.79. The summed E-state index contributed by atoms with van der Waals surface area (Å²) in [5, 5.41) is 25.7. The van der Waals surface area contributed by atoms with Gasteiger partial charge in [0.2, 0.25) is 11.9 Å². The van der Waals surface area contributed by atoms with E-state index >= 15 is 0 Å². The fraction of sp³-hybridized carbons (Fsp3) is 0.250. The minimum absolute atomic E-state index is 0.449. The summed E-state index contributed by atoms with van der Waals surface area (Å²) in [4.78, 5) is 34.0. The number of ether oxygens (including phenoxy) is 1. The summed E-state index contributed by atoms with van der Waals surface area (Å²) in [6.45, 7) is 2.57. The van der Waals surface area contributed by atoms with Crippen molar-refractivity contribution in [1.29, 1.82) is 0 Å². The molecule has 5 N–H and O–H groups in total. The molecule has 0 radical (unpaired) electrons. The molecule has 2 heterocycles. The van der Waals surface area contributed by atoms with Gasteiger partial charge in [-0.3, -0.25) is 4.79 Å². The molecule has 35 heavy (non-hydrogen) atoms. The molecule has 0 aliphatic carbocycles. The molecule has 4 rings (SSSR count). The molecule has 2 aromatic carbocycles. The summed E-state index contributed by atoms with van der Waals surface area (Å²) >= 11 is 0. The number of aliphatic hydroxyl groups is 1. The second kappa shape index (κ2) is 11.3. The van der Waals surface area contributed by atoms with Crippen molar-refractivity contribution < 1.29 is 24.5 Å². The minimum atomic E-state index is -1.39. The first-order valence-corrected chi connectivity index (χ1v) is 11.1. The van der Waals surface area contributed by atoms with Crippen LogP contribution in [0.1, 0.15) is 0 Å². The third kappa shape index (κ3) is 6.43. The number of carboxylic acid groups (broad SMARTS) is 1. The maximum Gasteiger partial charge on any atom is 0.405 e. The summed E-state index contributed by atoms with van der Waals surface area (Å²) in [5.41, 5.74) is 3.96. The van der Waals surface area contributed by atoms with Crippen molar-refractivity contribution in [1.82, 2.24) is 15.3 Å². The fourth-order valence-electron chi connectivity index (χ4n) is 3.58. The number of hydrogen-bond acceptors (Lipinski definition) is 8. The van der Waals surface area contributed by atoms with Gasteiger partial charge in [0.05, 0.1) is 25.5 Å². The highest BCUT2D eigenvalue weighted by molar-refractivity contribution is 5.96. The number of carbonyl (C=O) groups is 2. The quantitative estimate of drug-likeness (QED) is 0.329. The van der Waals surface area contributed by atoms with Crippen LogP contribution in [-0.4, -0.2) is 71.1 Å². The molecule has 1 aromatic heterocycles. The molecule has 1 aliphatic rings. The van der Waals surface area contributed by atoms with Crippen molar-refractivity contribution in [2.45, 2.75) is 6.04 Å². The lowest BCUT2D eigenvalue weighted by atomic mass is 10.1. The van der Waals surface area contributed by atoms with Crippen molar-refractivity contribution in [3.05, 3.63) is 60.8 Å². The number of nitrogens with one attached hydrogen (secondary N) is 3. The van der Waals surface area contributed by atoms with E-state index in [4.69, 9.17) is 9.84 Å². The van der Waals surface area contributed by atoms with Gasteiger partial charge >= 0.3 is 6.09 Å². The number of hydrogen-bond donors (Lipinski definition) is 5. The van der Waals surface area contributed by atoms with Crippen molar-refractivity contribution in [2.75, 3.05) is 48.4 Å². The molecule has 182 valence electrons. The zero-order chi connectivity index (χ0) is 24.6. The van der Waals surface area contributed by atoms with Crippen molar-refractivity contribution >= 4 is 35.0 Å². The SMILES string of the molecule is O=C(O)NC(CO)C(=O)Nc1ccc(-c2ccnc(Nc3ccc(N4CCOCC4)cc3)n2)cc1. The monoisotopic (exact) mass is 478 g/mol. The first-order valence-electron chi connectivity index (χ1n) is 11.1. The van der Waals surface area contributed by atoms with E-state index in [1.165, 1.54) is 0 Å². The number of carbonyl (C=O) groups excluding carboxylic acids is 1. The normalized spacial score (nSPS) is 14.1. The summed E-state index contributed by atoms with van der Waals surface area (Å²) < 4.78 is 5.40. The number of benzene rings is 2. The van der Waals surface area contributed by atoms with E-state index in [2.05, 4.69) is 37.6 Å². The zero-order valence-corrected chi connectivity index (χ0v) is 18.8. The number of aliphatic hydroxyl groups excluding tert-OH is 1. The lowest BCUT2D eigenvalue weighted by Gasteiger charge is -2.28. The van der Waals surface area contributed by atoms with E-state index < -0.39 is 24.6 Å². The lowest BCUT2D eigenvalue weighted by molar-refractivity contribution is -0.118. The lowest BCUT2D eigenvalue weighted by Crippen LogP contribution is -2.45. The van der Waals surface area contributed by atoms with Crippen LogP contribution >= 0.6 is 0 Å². The van der Waals surface area contributed by atoms with E-state index in [-0.39, 0.29) is 0 Å². The third-order valence-electron chi connectivity index (χ3n) is 5.40. The summed E-state index contributed by atoms with van der Waals surface area (Å²) in [5.74, 6) is -0.208. The number of nitrogens with zero attached hydrogens (tertiary/aromatic N) is 3. The maximum absolute atomic E-state index is 12.1. The fourth-order valence-corrected chi connectivity index (χ4v) is 3.58. The highest BCUT2D eigenvalue weighted by Crippen LogP contribution is 2.23. The number of amides is 2. The van der Waals surface area contributed by atoms with E-state index in [0.717, 1.165) is 43.2 Å². The Kier molecular flexibility index (Phi) is 7.70. The van der Waals surface area contributed by atoms with Crippen molar-refractivity contribution in [3.8, 4) is 11.3 Å². The molecule has 0 bridgehead atoms. The highest BCUT2D eigenvalue weighted by Gasteiger charge is 2.19. The molecule has 1 atom stereocenters. The maximum atomic E-state index is 12.1. The predicted octanol–water partition coefficient (Wildman–Crippen LogP) is 2.29. The number of anilines is 4. The topological polar surface area (TPSA) is 149 Å². The predicted molar refractivity (Wildman–Crippen MR) is 131 cm³/mol. The molecule has 1 saturated heterocycles. The van der Waals surface area contributed by atoms with Gasteiger partial charge in [0.1, 0.15) is 6.04 Å². The summed E-state index contributed by atoms with van der Waals surface area (Å²) in [7, 11) is 0. The average Bonchev–Trinajstić information content (AvgIpc) is 2.88. The van der Waals surface area contributed by atoms with Gasteiger partial charge in [-0.2, -0.15) is 0 Å². The van der Waals surface area contributed by atoms with Crippen molar-refractivity contribution in [2.24, 2.45) is 0 Å². The van der Waals surface area contributed by atoms with Crippen LogP contribution in [0.4, 0.5) is 27.8 Å². The molecule has 11 heteroatoms. The Labute approximate surface area is 201 Å². The number of aromatic nitrogens is 2. The second-order valence-electron chi connectivity index (χ2n) is 7.79. The summed E-state index contributed by atoms with van der Waals surface area (Å²) in [6.07, 6.45) is 0.266. The Bertz CT molecular complexity index is 1150. The van der Waals surface area contributed by atoms with E-state index in [1.807, 2.05) is 17.4 Å². The number of morpholine rings is 1. The molecule has 0 saturated carbocycles. The number of rotatable bonds is 8. The molecule has 0 spiro atoms. The Hall–Kier alpha value is -4.22. The van der Waals surface area contributed by atoms with Gasteiger partial charge in [-0.15, -0.1) is 0 Å². The zero-order valence-electron chi connectivity index (χ0n) is 18.8. The molecule has 3 aromatic rings. The molecule has 11 nitrogen and oxygen atoms in total. The molecular weight excluding hydrogens is 452 g/mol. The Morgan fingerprint density at radius 1 is 1.00 bits per heavy atom. The van der Waals surface area contributed by atoms with Crippen LogP contribution in [0.2, 0.25) is 0 Å². The van der Waals surface area contributed by atoms with Crippen molar-refractivity contribution in [3.63, 3.8) is 0 Å². The van der Waals surface area contributed by atoms with Crippen LogP contribution in [-0.2, 0) is 9.53 Å². The Morgan fingerprint density at radius 3 is 2.34 bits per heavy atom. The van der Waals surface area contributed by atoms with Crippen LogP contribution in [0.5, 0.6) is 0 Å². The standard InChI is InChI=1S/C24H26N6O5/c31-15-21(29-24(33)34)22(32)26-17-3-1-16(2-4-17)20-9-10-25-23(28-20)27-18-5-7-19(8-6-18)30-11-13-35-14-12-30/h1-10,21,29,31H,11-15H2,(H,26,32)(H,33,34)(H,25,27,28). The van der Waals surface area contributed by atoms with Gasteiger partial charge in [-0.25, -0.2) is 14.8 Å². The van der Waals surface area contributed by atoms with Crippen LogP contribution in [0.3, 0.4) is 0 Å². The molecule has 2 amide bonds. The van der Waals surface area contributed by atoms with Crippen LogP contribution in [0.15, 0.2) is 60.8 Å². The van der Waals surface area contributed by atoms with Crippen LogP contribution in [0, 0.1) is 0 Å². The molecule has 1 unspecified atom stereocenters. The average molecular weight is 479 g/mol. The van der Waals surface area contributed by atoms with Gasteiger partial charge in [0, 0.05) is 41.9 Å². The molecular formula is C24H26N6O5. The van der Waals surface area contributed by atoms with Gasteiger partial charge in [0.25, 0.3) is 0 Å². The molecule has 1 fully saturated rings. The van der Waals surface area contributed by atoms with Gasteiger partial charge in [-0.05, 0) is 42.5 Å². The van der Waals surface area contributed by atoms with Gasteiger partial charge < -0.3 is 35.8 Å². The highest BCUT2D eigenvalue weighted by atomic mass is 16.5.